The van der Waals surface area contributed by atoms with Crippen molar-refractivity contribution in [2.75, 3.05) is 0 Å². The van der Waals surface area contributed by atoms with E-state index in [1.54, 1.807) is 0 Å². The third-order valence-electron chi connectivity index (χ3n) is 4.20. The van der Waals surface area contributed by atoms with E-state index in [1.807, 2.05) is 59.4 Å². The smallest absolute Gasteiger partial charge is 0.255 e. The molecule has 0 unspecified atom stereocenters. The average Bonchev–Trinajstić information content (AvgIpc) is 3.28. The van der Waals surface area contributed by atoms with Crippen molar-refractivity contribution in [3.8, 4) is 22.5 Å². The summed E-state index contributed by atoms with van der Waals surface area (Å²) in [7, 11) is 0. The van der Waals surface area contributed by atoms with Crippen LogP contribution in [0.25, 0.3) is 39.2 Å². The minimum atomic E-state index is 0.596. The number of aromatic nitrogens is 5. The fourth-order valence-corrected chi connectivity index (χ4v) is 3.05. The number of fused-ring (bicyclic) bond motifs is 2. The molecule has 3 aromatic heterocycles. The monoisotopic (exact) mass is 311 g/mol. The fourth-order valence-electron chi connectivity index (χ4n) is 3.05. The molecule has 114 valence electrons. The molecule has 0 aliphatic rings. The van der Waals surface area contributed by atoms with E-state index in [9.17, 15) is 0 Å². The lowest BCUT2D eigenvalue weighted by Gasteiger charge is -2.05. The second kappa shape index (κ2) is 5.03. The Morgan fingerprint density at radius 1 is 0.833 bits per heavy atom. The standard InChI is InChI=1S/C19H13N5/c1-2-5-13(6-3-1)18-22-23-19-21-11-14(12-24(18)19)15-7-4-8-17-16(15)9-10-20-17/h1-12,20H. The number of H-pyrrole nitrogens is 1. The number of benzene rings is 2. The number of hydrogen-bond acceptors (Lipinski definition) is 3. The molecule has 0 saturated carbocycles. The second-order valence-corrected chi connectivity index (χ2v) is 5.65. The van der Waals surface area contributed by atoms with Crippen LogP contribution in [0.2, 0.25) is 0 Å². The van der Waals surface area contributed by atoms with Crippen LogP contribution in [-0.2, 0) is 0 Å². The maximum Gasteiger partial charge on any atom is 0.255 e. The lowest BCUT2D eigenvalue weighted by atomic mass is 10.0. The fraction of sp³-hybridized carbons (Fsp3) is 0. The molecule has 5 nitrogen and oxygen atoms in total. The Bertz CT molecular complexity index is 1150. The molecule has 0 bridgehead atoms. The van der Waals surface area contributed by atoms with Gasteiger partial charge in [-0.25, -0.2) is 4.98 Å². The zero-order valence-corrected chi connectivity index (χ0v) is 12.7. The first-order chi connectivity index (χ1) is 11.9. The van der Waals surface area contributed by atoms with E-state index in [-0.39, 0.29) is 0 Å². The van der Waals surface area contributed by atoms with Crippen LogP contribution in [0.1, 0.15) is 0 Å². The minimum absolute atomic E-state index is 0.596. The van der Waals surface area contributed by atoms with Gasteiger partial charge in [-0.15, -0.1) is 10.2 Å². The van der Waals surface area contributed by atoms with Crippen molar-refractivity contribution >= 4 is 16.7 Å². The molecule has 0 saturated heterocycles. The summed E-state index contributed by atoms with van der Waals surface area (Å²) in [4.78, 5) is 7.72. The van der Waals surface area contributed by atoms with Gasteiger partial charge in [-0.05, 0) is 17.7 Å². The van der Waals surface area contributed by atoms with Gasteiger partial charge in [-0.1, -0.05) is 42.5 Å². The predicted molar refractivity (Wildman–Crippen MR) is 93.5 cm³/mol. The van der Waals surface area contributed by atoms with Gasteiger partial charge in [0.05, 0.1) is 0 Å². The molecule has 0 amide bonds. The molecule has 1 N–H and O–H groups in total. The van der Waals surface area contributed by atoms with Crippen molar-refractivity contribution in [2.24, 2.45) is 0 Å². The molecule has 0 fully saturated rings. The third kappa shape index (κ3) is 1.91. The van der Waals surface area contributed by atoms with Gasteiger partial charge in [0, 0.05) is 40.6 Å². The molecule has 5 aromatic rings. The van der Waals surface area contributed by atoms with E-state index < -0.39 is 0 Å². The van der Waals surface area contributed by atoms with E-state index >= 15 is 0 Å². The molecule has 3 heterocycles. The summed E-state index contributed by atoms with van der Waals surface area (Å²) in [6.45, 7) is 0. The van der Waals surface area contributed by atoms with Gasteiger partial charge in [-0.2, -0.15) is 0 Å². The topological polar surface area (TPSA) is 58.9 Å². The Balaban J connectivity index is 1.75. The van der Waals surface area contributed by atoms with Crippen LogP contribution in [0.15, 0.2) is 73.2 Å². The van der Waals surface area contributed by atoms with Gasteiger partial charge >= 0.3 is 0 Å². The molecule has 5 rings (SSSR count). The highest BCUT2D eigenvalue weighted by atomic mass is 15.3. The highest BCUT2D eigenvalue weighted by molar-refractivity contribution is 5.94. The van der Waals surface area contributed by atoms with Crippen molar-refractivity contribution in [2.45, 2.75) is 0 Å². The van der Waals surface area contributed by atoms with Gasteiger partial charge in [0.1, 0.15) is 0 Å². The van der Waals surface area contributed by atoms with Crippen LogP contribution >= 0.6 is 0 Å². The van der Waals surface area contributed by atoms with Crippen molar-refractivity contribution in [1.29, 1.82) is 0 Å². The Hall–Kier alpha value is -3.47. The summed E-state index contributed by atoms with van der Waals surface area (Å²) >= 11 is 0. The Labute approximate surface area is 137 Å². The summed E-state index contributed by atoms with van der Waals surface area (Å²) in [5.74, 6) is 1.39. The van der Waals surface area contributed by atoms with Crippen molar-refractivity contribution in [3.05, 3.63) is 73.2 Å². The molecule has 5 heteroatoms. The number of nitrogens with zero attached hydrogens (tertiary/aromatic N) is 4. The van der Waals surface area contributed by atoms with Crippen LogP contribution in [-0.4, -0.2) is 24.6 Å². The third-order valence-corrected chi connectivity index (χ3v) is 4.20. The van der Waals surface area contributed by atoms with E-state index in [0.29, 0.717) is 5.78 Å². The zero-order chi connectivity index (χ0) is 15.9. The normalized spacial score (nSPS) is 11.3. The molecule has 2 aromatic carbocycles. The first kappa shape index (κ1) is 13.0. The molecular formula is C19H13N5. The number of hydrogen-bond donors (Lipinski definition) is 1. The van der Waals surface area contributed by atoms with E-state index in [1.165, 1.54) is 5.39 Å². The van der Waals surface area contributed by atoms with Crippen molar-refractivity contribution in [1.82, 2.24) is 24.6 Å². The lowest BCUT2D eigenvalue weighted by molar-refractivity contribution is 1.10. The zero-order valence-electron chi connectivity index (χ0n) is 12.7. The highest BCUT2D eigenvalue weighted by Gasteiger charge is 2.11. The minimum Gasteiger partial charge on any atom is -0.361 e. The maximum absolute atomic E-state index is 4.47. The van der Waals surface area contributed by atoms with Crippen molar-refractivity contribution < 1.29 is 0 Å². The molecule has 0 aliphatic carbocycles. The predicted octanol–water partition coefficient (Wildman–Crippen LogP) is 3.94. The van der Waals surface area contributed by atoms with Crippen LogP contribution in [0.3, 0.4) is 0 Å². The van der Waals surface area contributed by atoms with Gasteiger partial charge in [-0.3, -0.25) is 4.40 Å². The van der Waals surface area contributed by atoms with Gasteiger partial charge in [0.15, 0.2) is 5.82 Å². The van der Waals surface area contributed by atoms with E-state index in [2.05, 4.69) is 38.4 Å². The molecule has 0 atom stereocenters. The van der Waals surface area contributed by atoms with Gasteiger partial charge in [0.25, 0.3) is 5.78 Å². The Morgan fingerprint density at radius 3 is 2.67 bits per heavy atom. The summed E-state index contributed by atoms with van der Waals surface area (Å²) in [6, 6.07) is 18.3. The average molecular weight is 311 g/mol. The molecule has 0 spiro atoms. The summed E-state index contributed by atoms with van der Waals surface area (Å²) < 4.78 is 1.94. The van der Waals surface area contributed by atoms with Crippen LogP contribution < -0.4 is 0 Å². The SMILES string of the molecule is c1ccc(-c2nnc3ncc(-c4cccc5[nH]ccc45)cn23)cc1. The van der Waals surface area contributed by atoms with Crippen LogP contribution in [0.4, 0.5) is 0 Å². The van der Waals surface area contributed by atoms with Gasteiger partial charge < -0.3 is 4.98 Å². The largest absolute Gasteiger partial charge is 0.361 e. The number of rotatable bonds is 2. The first-order valence-electron chi connectivity index (χ1n) is 7.73. The van der Waals surface area contributed by atoms with E-state index in [0.717, 1.165) is 28.0 Å². The highest BCUT2D eigenvalue weighted by Crippen LogP contribution is 2.28. The Morgan fingerprint density at radius 2 is 1.75 bits per heavy atom. The van der Waals surface area contributed by atoms with Gasteiger partial charge in [0.2, 0.25) is 0 Å². The summed E-state index contributed by atoms with van der Waals surface area (Å²) in [6.07, 6.45) is 5.85. The maximum atomic E-state index is 4.47. The first-order valence-corrected chi connectivity index (χ1v) is 7.73. The Kier molecular flexibility index (Phi) is 2.72. The molecule has 0 radical (unpaired) electrons. The van der Waals surface area contributed by atoms with Crippen LogP contribution in [0, 0.1) is 0 Å². The lowest BCUT2D eigenvalue weighted by Crippen LogP contribution is -1.93. The molecule has 0 aliphatic heterocycles. The van der Waals surface area contributed by atoms with E-state index in [4.69, 9.17) is 0 Å². The second-order valence-electron chi connectivity index (χ2n) is 5.65. The number of nitrogens with one attached hydrogen (secondary N) is 1. The molecule has 24 heavy (non-hydrogen) atoms. The number of aromatic amines is 1. The quantitative estimate of drug-likeness (QED) is 0.537. The molecular weight excluding hydrogens is 298 g/mol. The summed E-state index contributed by atoms with van der Waals surface area (Å²) in [5, 5.41) is 9.65. The summed E-state index contributed by atoms with van der Waals surface area (Å²) in [5.41, 5.74) is 4.30. The van der Waals surface area contributed by atoms with Crippen LogP contribution in [0.5, 0.6) is 0 Å². The van der Waals surface area contributed by atoms with Crippen molar-refractivity contribution in [3.63, 3.8) is 0 Å².